The van der Waals surface area contributed by atoms with Crippen molar-refractivity contribution in [3.63, 3.8) is 0 Å². The van der Waals surface area contributed by atoms with E-state index in [4.69, 9.17) is 9.84 Å². The van der Waals surface area contributed by atoms with Gasteiger partial charge in [0.05, 0.1) is 6.61 Å². The molecule has 0 spiro atoms. The number of hydrogen-bond donors (Lipinski definition) is 2. The second kappa shape index (κ2) is 6.70. The Kier molecular flexibility index (Phi) is 6.36. The van der Waals surface area contributed by atoms with Crippen molar-refractivity contribution in [3.8, 4) is 0 Å². The Morgan fingerprint density at radius 1 is 1.44 bits per heavy atom. The molecule has 0 aromatic rings. The van der Waals surface area contributed by atoms with Gasteiger partial charge >= 0.3 is 6.09 Å². The first kappa shape index (κ1) is 15.2. The number of carbonyl (C=O) groups is 1. The highest BCUT2D eigenvalue weighted by Crippen LogP contribution is 2.06. The maximum Gasteiger partial charge on any atom is 0.422 e. The number of nitrogens with zero attached hydrogens (tertiary/aromatic N) is 1. The summed E-state index contributed by atoms with van der Waals surface area (Å²) in [7, 11) is 0. The lowest BCUT2D eigenvalue weighted by molar-refractivity contribution is 0.0282. The number of nitrogens with one attached hydrogen (secondary N) is 1. The molecule has 0 atom stereocenters. The van der Waals surface area contributed by atoms with Gasteiger partial charge in [-0.25, -0.2) is 9.80 Å². The molecule has 0 unspecified atom stereocenters. The number of aliphatic hydroxyl groups excluding tert-OH is 1. The van der Waals surface area contributed by atoms with Gasteiger partial charge in [-0.3, -0.25) is 5.43 Å². The third-order valence-corrected chi connectivity index (χ3v) is 1.60. The van der Waals surface area contributed by atoms with Crippen LogP contribution in [0, 0.1) is 5.92 Å². The molecule has 0 bridgehead atoms. The maximum absolute atomic E-state index is 11.5. The Morgan fingerprint density at radius 2 is 2.00 bits per heavy atom. The van der Waals surface area contributed by atoms with E-state index in [2.05, 4.69) is 5.43 Å². The monoisotopic (exact) mass is 232 g/mol. The molecule has 0 aliphatic carbocycles. The van der Waals surface area contributed by atoms with E-state index in [9.17, 15) is 4.79 Å². The predicted molar refractivity (Wildman–Crippen MR) is 62.9 cm³/mol. The summed E-state index contributed by atoms with van der Waals surface area (Å²) < 4.78 is 5.12. The van der Waals surface area contributed by atoms with E-state index in [0.29, 0.717) is 19.0 Å². The lowest BCUT2D eigenvalue weighted by atomic mass is 10.2. The van der Waals surface area contributed by atoms with Crippen molar-refractivity contribution >= 4 is 6.09 Å². The minimum Gasteiger partial charge on any atom is -0.443 e. The van der Waals surface area contributed by atoms with Crippen molar-refractivity contribution in [3.05, 3.63) is 0 Å². The van der Waals surface area contributed by atoms with Crippen molar-refractivity contribution < 1.29 is 14.6 Å². The van der Waals surface area contributed by atoms with E-state index < -0.39 is 11.7 Å². The van der Waals surface area contributed by atoms with Crippen molar-refractivity contribution in [2.45, 2.75) is 40.2 Å². The molecule has 0 aromatic carbocycles. The molecule has 0 rings (SSSR count). The topological polar surface area (TPSA) is 61.8 Å². The van der Waals surface area contributed by atoms with Gasteiger partial charge in [-0.1, -0.05) is 13.8 Å². The third kappa shape index (κ3) is 8.49. The number of ether oxygens (including phenoxy) is 1. The molecule has 5 heteroatoms. The molecule has 5 nitrogen and oxygen atoms in total. The van der Waals surface area contributed by atoms with E-state index in [1.807, 2.05) is 34.6 Å². The number of aliphatic hydroxyl groups is 1. The molecular weight excluding hydrogens is 208 g/mol. The molecule has 96 valence electrons. The van der Waals surface area contributed by atoms with Gasteiger partial charge in [-0.15, -0.1) is 0 Å². The summed E-state index contributed by atoms with van der Waals surface area (Å²) in [6, 6.07) is 0. The van der Waals surface area contributed by atoms with Crippen LogP contribution in [0.3, 0.4) is 0 Å². The summed E-state index contributed by atoms with van der Waals surface area (Å²) in [5, 5.41) is 10.5. The van der Waals surface area contributed by atoms with Gasteiger partial charge in [0.25, 0.3) is 0 Å². The van der Waals surface area contributed by atoms with Crippen LogP contribution in [0.4, 0.5) is 4.79 Å². The van der Waals surface area contributed by atoms with E-state index in [1.165, 1.54) is 0 Å². The summed E-state index contributed by atoms with van der Waals surface area (Å²) in [6.45, 7) is 10.6. The van der Waals surface area contributed by atoms with Crippen LogP contribution in [0.15, 0.2) is 0 Å². The standard InChI is InChI=1S/C11H24N2O3/c1-9(2)8-13(6-7-14)12-10(15)16-11(3,4)5/h9,14H,6-8H2,1-5H3,(H,12,15). The normalized spacial score (nSPS) is 12.0. The predicted octanol–water partition coefficient (Wildman–Crippen LogP) is 1.38. The van der Waals surface area contributed by atoms with Crippen LogP contribution in [0.5, 0.6) is 0 Å². The fourth-order valence-corrected chi connectivity index (χ4v) is 1.18. The number of carbonyl (C=O) groups excluding carboxylic acids is 1. The Labute approximate surface area is 97.7 Å². The fraction of sp³-hybridized carbons (Fsp3) is 0.909. The van der Waals surface area contributed by atoms with Crippen LogP contribution in [-0.2, 0) is 4.74 Å². The van der Waals surface area contributed by atoms with Gasteiger partial charge in [-0.2, -0.15) is 0 Å². The highest BCUT2D eigenvalue weighted by atomic mass is 16.6. The van der Waals surface area contributed by atoms with Crippen molar-refractivity contribution in [2.75, 3.05) is 19.7 Å². The summed E-state index contributed by atoms with van der Waals surface area (Å²) in [6.07, 6.45) is -0.485. The largest absolute Gasteiger partial charge is 0.443 e. The first-order valence-corrected chi connectivity index (χ1v) is 5.60. The lowest BCUT2D eigenvalue weighted by Crippen LogP contribution is -2.47. The van der Waals surface area contributed by atoms with Crippen LogP contribution in [0.1, 0.15) is 34.6 Å². The van der Waals surface area contributed by atoms with Gasteiger partial charge in [0.2, 0.25) is 0 Å². The highest BCUT2D eigenvalue weighted by Gasteiger charge is 2.18. The summed E-state index contributed by atoms with van der Waals surface area (Å²) in [5.41, 5.74) is 2.11. The second-order valence-corrected chi connectivity index (χ2v) is 5.18. The molecule has 16 heavy (non-hydrogen) atoms. The third-order valence-electron chi connectivity index (χ3n) is 1.60. The summed E-state index contributed by atoms with van der Waals surface area (Å²) >= 11 is 0. The minimum atomic E-state index is -0.507. The number of hydrogen-bond acceptors (Lipinski definition) is 4. The molecule has 1 amide bonds. The molecule has 0 aliphatic rings. The van der Waals surface area contributed by atoms with Crippen LogP contribution < -0.4 is 5.43 Å². The average molecular weight is 232 g/mol. The molecule has 0 fully saturated rings. The molecule has 0 heterocycles. The average Bonchev–Trinajstić information content (AvgIpc) is 1.98. The van der Waals surface area contributed by atoms with E-state index >= 15 is 0 Å². The molecular formula is C11H24N2O3. The highest BCUT2D eigenvalue weighted by molar-refractivity contribution is 5.67. The molecule has 0 radical (unpaired) electrons. The zero-order chi connectivity index (χ0) is 12.8. The van der Waals surface area contributed by atoms with Crippen LogP contribution in [-0.4, -0.2) is 41.5 Å². The fourth-order valence-electron chi connectivity index (χ4n) is 1.18. The SMILES string of the molecule is CC(C)CN(CCO)NC(=O)OC(C)(C)C. The lowest BCUT2D eigenvalue weighted by Gasteiger charge is -2.26. The number of rotatable bonds is 5. The van der Waals surface area contributed by atoms with Gasteiger partial charge < -0.3 is 9.84 Å². The Morgan fingerprint density at radius 3 is 2.38 bits per heavy atom. The van der Waals surface area contributed by atoms with E-state index in [-0.39, 0.29) is 6.61 Å². The summed E-state index contributed by atoms with van der Waals surface area (Å²) in [5.74, 6) is 0.404. The van der Waals surface area contributed by atoms with Gasteiger partial charge in [0, 0.05) is 13.1 Å². The Hall–Kier alpha value is -0.810. The van der Waals surface area contributed by atoms with Crippen LogP contribution in [0.2, 0.25) is 0 Å². The van der Waals surface area contributed by atoms with Crippen molar-refractivity contribution in [1.82, 2.24) is 10.4 Å². The van der Waals surface area contributed by atoms with Crippen LogP contribution in [0.25, 0.3) is 0 Å². The molecule has 0 saturated heterocycles. The van der Waals surface area contributed by atoms with Gasteiger partial charge in [-0.05, 0) is 26.7 Å². The van der Waals surface area contributed by atoms with E-state index in [1.54, 1.807) is 5.01 Å². The molecule has 2 N–H and O–H groups in total. The molecule has 0 saturated carbocycles. The number of amides is 1. The van der Waals surface area contributed by atoms with Gasteiger partial charge in [0.1, 0.15) is 5.60 Å². The first-order valence-electron chi connectivity index (χ1n) is 5.60. The van der Waals surface area contributed by atoms with Gasteiger partial charge in [0.15, 0.2) is 0 Å². The zero-order valence-corrected chi connectivity index (χ0v) is 10.9. The van der Waals surface area contributed by atoms with Crippen molar-refractivity contribution in [1.29, 1.82) is 0 Å². The van der Waals surface area contributed by atoms with Crippen LogP contribution >= 0.6 is 0 Å². The quantitative estimate of drug-likeness (QED) is 0.703. The Bertz CT molecular complexity index is 212. The van der Waals surface area contributed by atoms with Crippen molar-refractivity contribution in [2.24, 2.45) is 5.92 Å². The number of hydrazine groups is 1. The first-order chi connectivity index (χ1) is 7.24. The second-order valence-electron chi connectivity index (χ2n) is 5.18. The molecule has 0 aromatic heterocycles. The zero-order valence-electron chi connectivity index (χ0n) is 10.9. The maximum atomic E-state index is 11.5. The smallest absolute Gasteiger partial charge is 0.422 e. The Balaban J connectivity index is 4.12. The summed E-state index contributed by atoms with van der Waals surface area (Å²) in [4.78, 5) is 11.5. The van der Waals surface area contributed by atoms with E-state index in [0.717, 1.165) is 0 Å². The minimum absolute atomic E-state index is 0.00250. The molecule has 0 aliphatic heterocycles.